The van der Waals surface area contributed by atoms with Crippen LogP contribution in [0.3, 0.4) is 0 Å². The monoisotopic (exact) mass is 304 g/mol. The van der Waals surface area contributed by atoms with Crippen molar-refractivity contribution < 1.29 is 13.2 Å². The van der Waals surface area contributed by atoms with Crippen molar-refractivity contribution in [1.29, 1.82) is 0 Å². The van der Waals surface area contributed by atoms with Crippen molar-refractivity contribution in [2.45, 2.75) is 43.7 Å². The molecule has 2 rings (SSSR count). The van der Waals surface area contributed by atoms with E-state index in [-0.39, 0.29) is 12.2 Å². The molecule has 19 heavy (non-hydrogen) atoms. The van der Waals surface area contributed by atoms with Gasteiger partial charge in [-0.05, 0) is 32.4 Å². The van der Waals surface area contributed by atoms with Gasteiger partial charge < -0.3 is 10.5 Å². The number of sulfonamides is 1. The van der Waals surface area contributed by atoms with Crippen LogP contribution < -0.4 is 5.73 Å². The van der Waals surface area contributed by atoms with E-state index < -0.39 is 10.0 Å². The van der Waals surface area contributed by atoms with Crippen molar-refractivity contribution in [2.75, 3.05) is 13.1 Å². The molecule has 1 fully saturated rings. The molecule has 5 nitrogen and oxygen atoms in total. The molecule has 0 radical (unpaired) electrons. The topological polar surface area (TPSA) is 72.6 Å². The van der Waals surface area contributed by atoms with Crippen molar-refractivity contribution in [2.24, 2.45) is 5.73 Å². The van der Waals surface area contributed by atoms with E-state index in [2.05, 4.69) is 0 Å². The SMILES string of the molecule is Cc1cc(S(=O)(=O)N2CC(C)OC(C)C2)sc1CN. The summed E-state index contributed by atoms with van der Waals surface area (Å²) in [6.45, 7) is 6.86. The van der Waals surface area contributed by atoms with Gasteiger partial charge in [0.25, 0.3) is 10.0 Å². The van der Waals surface area contributed by atoms with Crippen molar-refractivity contribution in [3.8, 4) is 0 Å². The quantitative estimate of drug-likeness (QED) is 0.914. The molecule has 1 saturated heterocycles. The van der Waals surface area contributed by atoms with Crippen LogP contribution in [0, 0.1) is 6.92 Å². The number of hydrogen-bond donors (Lipinski definition) is 1. The number of morpholine rings is 1. The molecule has 0 spiro atoms. The average molecular weight is 304 g/mol. The lowest BCUT2D eigenvalue weighted by atomic mass is 10.3. The maximum absolute atomic E-state index is 12.6. The summed E-state index contributed by atoms with van der Waals surface area (Å²) in [7, 11) is -3.42. The Balaban J connectivity index is 2.30. The molecule has 0 bridgehead atoms. The molecular weight excluding hydrogens is 284 g/mol. The van der Waals surface area contributed by atoms with E-state index in [1.807, 2.05) is 20.8 Å². The maximum atomic E-state index is 12.6. The first-order chi connectivity index (χ1) is 8.84. The molecule has 1 aromatic heterocycles. The van der Waals surface area contributed by atoms with Crippen LogP contribution in [-0.4, -0.2) is 38.0 Å². The largest absolute Gasteiger partial charge is 0.373 e. The first-order valence-electron chi connectivity index (χ1n) is 6.29. The van der Waals surface area contributed by atoms with Crippen LogP contribution in [0.5, 0.6) is 0 Å². The second kappa shape index (κ2) is 5.49. The summed E-state index contributed by atoms with van der Waals surface area (Å²) in [5.74, 6) is 0. The number of thiophene rings is 1. The van der Waals surface area contributed by atoms with Gasteiger partial charge in [0, 0.05) is 24.5 Å². The lowest BCUT2D eigenvalue weighted by Crippen LogP contribution is -2.47. The molecule has 0 saturated carbocycles. The van der Waals surface area contributed by atoms with Crippen LogP contribution in [0.4, 0.5) is 0 Å². The maximum Gasteiger partial charge on any atom is 0.252 e. The summed E-state index contributed by atoms with van der Waals surface area (Å²) in [5, 5.41) is 0. The van der Waals surface area contributed by atoms with Crippen LogP contribution >= 0.6 is 11.3 Å². The van der Waals surface area contributed by atoms with Crippen molar-refractivity contribution in [3.05, 3.63) is 16.5 Å². The third kappa shape index (κ3) is 3.00. The molecule has 2 heterocycles. The fraction of sp³-hybridized carbons (Fsp3) is 0.667. The standard InChI is InChI=1S/C12H20N2O3S2/c1-8-4-12(18-11(8)5-13)19(15,16)14-6-9(2)17-10(3)7-14/h4,9-10H,5-7,13H2,1-3H3. The fourth-order valence-corrected chi connectivity index (χ4v) is 5.49. The number of nitrogens with zero attached hydrogens (tertiary/aromatic N) is 1. The Morgan fingerprint density at radius 2 is 2.00 bits per heavy atom. The van der Waals surface area contributed by atoms with Crippen molar-refractivity contribution >= 4 is 21.4 Å². The molecule has 2 unspecified atom stereocenters. The van der Waals surface area contributed by atoms with Gasteiger partial charge in [-0.15, -0.1) is 11.3 Å². The predicted molar refractivity (Wildman–Crippen MR) is 75.7 cm³/mol. The molecule has 1 aliphatic heterocycles. The Morgan fingerprint density at radius 3 is 2.47 bits per heavy atom. The smallest absolute Gasteiger partial charge is 0.252 e. The van der Waals surface area contributed by atoms with Crippen LogP contribution in [0.25, 0.3) is 0 Å². The van der Waals surface area contributed by atoms with E-state index in [0.717, 1.165) is 10.4 Å². The van der Waals surface area contributed by atoms with Crippen molar-refractivity contribution in [1.82, 2.24) is 4.31 Å². The lowest BCUT2D eigenvalue weighted by Gasteiger charge is -2.34. The highest BCUT2D eigenvalue weighted by Crippen LogP contribution is 2.29. The van der Waals surface area contributed by atoms with E-state index in [0.29, 0.717) is 23.8 Å². The van der Waals surface area contributed by atoms with Crippen LogP contribution in [0.2, 0.25) is 0 Å². The Morgan fingerprint density at radius 1 is 1.42 bits per heavy atom. The molecule has 0 amide bonds. The number of rotatable bonds is 3. The highest BCUT2D eigenvalue weighted by atomic mass is 32.2. The Labute approximate surface area is 118 Å². The summed E-state index contributed by atoms with van der Waals surface area (Å²) in [5.41, 5.74) is 6.56. The van der Waals surface area contributed by atoms with Gasteiger partial charge in [-0.1, -0.05) is 0 Å². The first-order valence-corrected chi connectivity index (χ1v) is 8.55. The van der Waals surface area contributed by atoms with Gasteiger partial charge in [-0.3, -0.25) is 0 Å². The number of ether oxygens (including phenoxy) is 1. The van der Waals surface area contributed by atoms with E-state index in [4.69, 9.17) is 10.5 Å². The summed E-state index contributed by atoms with van der Waals surface area (Å²) >= 11 is 1.27. The summed E-state index contributed by atoms with van der Waals surface area (Å²) in [6, 6.07) is 1.72. The van der Waals surface area contributed by atoms with Gasteiger partial charge in [0.2, 0.25) is 0 Å². The molecule has 1 aliphatic rings. The highest BCUT2D eigenvalue weighted by molar-refractivity contribution is 7.91. The second-order valence-electron chi connectivity index (χ2n) is 4.96. The van der Waals surface area contributed by atoms with Crippen LogP contribution in [0.15, 0.2) is 10.3 Å². The molecule has 0 aromatic carbocycles. The minimum Gasteiger partial charge on any atom is -0.373 e. The van der Waals surface area contributed by atoms with Gasteiger partial charge >= 0.3 is 0 Å². The third-order valence-corrected chi connectivity index (χ3v) is 6.70. The van der Waals surface area contributed by atoms with Crippen LogP contribution in [0.1, 0.15) is 24.3 Å². The summed E-state index contributed by atoms with van der Waals surface area (Å²) in [6.07, 6.45) is -0.151. The third-order valence-electron chi connectivity index (χ3n) is 3.16. The zero-order chi connectivity index (χ0) is 14.2. The summed E-state index contributed by atoms with van der Waals surface area (Å²) < 4.78 is 32.7. The average Bonchev–Trinajstić information content (AvgIpc) is 2.70. The van der Waals surface area contributed by atoms with E-state index in [9.17, 15) is 8.42 Å². The van der Waals surface area contributed by atoms with Gasteiger partial charge in [-0.25, -0.2) is 8.42 Å². The van der Waals surface area contributed by atoms with Crippen molar-refractivity contribution in [3.63, 3.8) is 0 Å². The zero-order valence-corrected chi connectivity index (χ0v) is 13.1. The molecule has 7 heteroatoms. The molecule has 108 valence electrons. The van der Waals surface area contributed by atoms with E-state index in [1.165, 1.54) is 15.6 Å². The number of nitrogens with two attached hydrogens (primary N) is 1. The molecule has 0 aliphatic carbocycles. The molecular formula is C12H20N2O3S2. The molecule has 2 N–H and O–H groups in total. The fourth-order valence-electron chi connectivity index (χ4n) is 2.27. The lowest BCUT2D eigenvalue weighted by molar-refractivity contribution is -0.0440. The van der Waals surface area contributed by atoms with Gasteiger partial charge in [0.15, 0.2) is 0 Å². The van der Waals surface area contributed by atoms with Gasteiger partial charge in [-0.2, -0.15) is 4.31 Å². The van der Waals surface area contributed by atoms with Crippen LogP contribution in [-0.2, 0) is 21.3 Å². The molecule has 1 aromatic rings. The van der Waals surface area contributed by atoms with E-state index >= 15 is 0 Å². The first kappa shape index (κ1) is 14.9. The Kier molecular flexibility index (Phi) is 4.32. The normalized spacial score (nSPS) is 25.7. The van der Waals surface area contributed by atoms with Gasteiger partial charge in [0.05, 0.1) is 12.2 Å². The minimum absolute atomic E-state index is 0.0754. The number of hydrogen-bond acceptors (Lipinski definition) is 5. The Hall–Kier alpha value is -0.470. The Bertz CT molecular complexity index is 543. The zero-order valence-electron chi connectivity index (χ0n) is 11.4. The predicted octanol–water partition coefficient (Wildman–Crippen LogP) is 1.31. The molecule has 2 atom stereocenters. The number of aryl methyl sites for hydroxylation is 1. The van der Waals surface area contributed by atoms with E-state index in [1.54, 1.807) is 6.07 Å². The highest BCUT2D eigenvalue weighted by Gasteiger charge is 2.33. The van der Waals surface area contributed by atoms with Gasteiger partial charge in [0.1, 0.15) is 4.21 Å². The summed E-state index contributed by atoms with van der Waals surface area (Å²) in [4.78, 5) is 0.924. The minimum atomic E-state index is -3.42. The second-order valence-corrected chi connectivity index (χ2v) is 8.26.